The molecule has 0 unspecified atom stereocenters. The van der Waals surface area contributed by atoms with Gasteiger partial charge in [-0.05, 0) is 86.6 Å². The first-order valence-electron chi connectivity index (χ1n) is 17.2. The van der Waals surface area contributed by atoms with Crippen LogP contribution >= 0.6 is 22.9 Å². The number of amides is 2. The summed E-state index contributed by atoms with van der Waals surface area (Å²) in [5.41, 5.74) is 2.54. The van der Waals surface area contributed by atoms with Crippen molar-refractivity contribution in [2.24, 2.45) is 0 Å². The maximum atomic E-state index is 14.1. The molecule has 0 radical (unpaired) electrons. The lowest BCUT2D eigenvalue weighted by atomic mass is 9.92. The number of nitrogens with one attached hydrogen (secondary N) is 1. The number of carbonyl (C=O) groups excluding carboxylic acids is 3. The third-order valence-electron chi connectivity index (χ3n) is 9.25. The molecule has 0 atom stereocenters. The molecule has 0 aliphatic heterocycles. The Morgan fingerprint density at radius 2 is 1.71 bits per heavy atom. The van der Waals surface area contributed by atoms with Crippen LogP contribution in [0.3, 0.4) is 0 Å². The van der Waals surface area contributed by atoms with Gasteiger partial charge in [0.15, 0.2) is 5.78 Å². The van der Waals surface area contributed by atoms with Gasteiger partial charge in [-0.2, -0.15) is 9.40 Å². The first-order chi connectivity index (χ1) is 24.8. The summed E-state index contributed by atoms with van der Waals surface area (Å²) in [7, 11) is -2.62. The van der Waals surface area contributed by atoms with E-state index in [0.717, 1.165) is 35.4 Å². The number of aliphatic carboxylic acids is 1. The fraction of sp³-hybridized carbons (Fsp3) is 0.378. The maximum Gasteiger partial charge on any atom is 0.303 e. The number of benzene rings is 2. The summed E-state index contributed by atoms with van der Waals surface area (Å²) >= 11 is 7.40. The van der Waals surface area contributed by atoms with Crippen molar-refractivity contribution in [1.29, 1.82) is 0 Å². The van der Waals surface area contributed by atoms with E-state index >= 15 is 0 Å². The lowest BCUT2D eigenvalue weighted by molar-refractivity contribution is -0.140. The molecule has 2 heterocycles. The highest BCUT2D eigenvalue weighted by Gasteiger charge is 2.32. The quantitative estimate of drug-likeness (QED) is 0.123. The Labute approximate surface area is 312 Å². The number of carboxylic acids is 1. The van der Waals surface area contributed by atoms with Gasteiger partial charge in [-0.3, -0.25) is 19.2 Å². The summed E-state index contributed by atoms with van der Waals surface area (Å²) in [6, 6.07) is 12.5. The van der Waals surface area contributed by atoms with Gasteiger partial charge in [-0.1, -0.05) is 31.5 Å². The molecule has 4 aromatic rings. The molecule has 15 heteroatoms. The minimum Gasteiger partial charge on any atom is -0.481 e. The highest BCUT2D eigenvalue weighted by Crippen LogP contribution is 2.40. The van der Waals surface area contributed by atoms with Crippen LogP contribution in [-0.4, -0.2) is 82.3 Å². The van der Waals surface area contributed by atoms with Crippen LogP contribution < -0.4 is 5.32 Å². The normalized spacial score (nSPS) is 12.9. The number of thiophene rings is 1. The minimum atomic E-state index is -4.13. The summed E-state index contributed by atoms with van der Waals surface area (Å²) in [6.45, 7) is 3.81. The number of likely N-dealkylation sites (N-methyl/N-ethyl adjacent to an activating group) is 1. The molecule has 0 fully saturated rings. The second-order valence-electron chi connectivity index (χ2n) is 12.7. The van der Waals surface area contributed by atoms with Crippen LogP contribution in [0.2, 0.25) is 5.02 Å². The van der Waals surface area contributed by atoms with E-state index in [2.05, 4.69) is 10.4 Å². The topological polar surface area (TPSA) is 159 Å². The molecule has 0 saturated carbocycles. The van der Waals surface area contributed by atoms with Crippen LogP contribution in [0.5, 0.6) is 0 Å². The molecule has 0 saturated heterocycles. The standard InChI is InChI=1S/C37H42ClN5O7S2/c1-4-27(5-2)43(20-19-41(3)32(44)17-18-33(45)46)52(49,50)29-10-8-9-24(21-29)36(48)40-37-34(30-11-6-7-12-31(30)51-37)35(47)25-22-39-42(23-25)28-15-13-26(38)14-16-28/h8-10,13-16,21-23,27H,4-7,11-12,17-20H2,1-3H3,(H,40,48)(H,45,46). The highest BCUT2D eigenvalue weighted by molar-refractivity contribution is 7.89. The first kappa shape index (κ1) is 38.9. The Hall–Kier alpha value is -4.37. The summed E-state index contributed by atoms with van der Waals surface area (Å²) < 4.78 is 31.2. The largest absolute Gasteiger partial charge is 0.481 e. The van der Waals surface area contributed by atoms with Gasteiger partial charge in [-0.25, -0.2) is 13.1 Å². The lowest BCUT2D eigenvalue weighted by Gasteiger charge is -2.31. The second-order valence-corrected chi connectivity index (χ2v) is 16.1. The van der Waals surface area contributed by atoms with Crippen LogP contribution in [0.25, 0.3) is 5.69 Å². The number of aromatic nitrogens is 2. The lowest BCUT2D eigenvalue weighted by Crippen LogP contribution is -2.44. The van der Waals surface area contributed by atoms with Gasteiger partial charge in [0.1, 0.15) is 5.00 Å². The minimum absolute atomic E-state index is 0.0127. The predicted molar refractivity (Wildman–Crippen MR) is 200 cm³/mol. The number of anilines is 1. The zero-order valence-electron chi connectivity index (χ0n) is 29.3. The van der Waals surface area contributed by atoms with Gasteiger partial charge in [-0.15, -0.1) is 11.3 Å². The van der Waals surface area contributed by atoms with E-state index in [1.807, 2.05) is 13.8 Å². The second kappa shape index (κ2) is 17.0. The SMILES string of the molecule is CCC(CC)N(CCN(C)C(=O)CCC(=O)O)S(=O)(=O)c1cccc(C(=O)Nc2sc3c(c2C(=O)c2cnn(-c4ccc(Cl)cc4)c2)CCCC3)c1. The van der Waals surface area contributed by atoms with Gasteiger partial charge in [0, 0.05) is 54.3 Å². The number of hydrogen-bond acceptors (Lipinski definition) is 8. The third kappa shape index (κ3) is 8.80. The first-order valence-corrected chi connectivity index (χ1v) is 19.9. The summed E-state index contributed by atoms with van der Waals surface area (Å²) in [6.07, 6.45) is 7.07. The van der Waals surface area contributed by atoms with E-state index in [9.17, 15) is 27.6 Å². The summed E-state index contributed by atoms with van der Waals surface area (Å²) in [5, 5.41) is 17.2. The van der Waals surface area contributed by atoms with Crippen molar-refractivity contribution in [1.82, 2.24) is 19.0 Å². The van der Waals surface area contributed by atoms with E-state index in [-0.39, 0.29) is 48.2 Å². The van der Waals surface area contributed by atoms with Crippen LogP contribution in [0.1, 0.15) is 89.1 Å². The number of carboxylic acid groups (broad SMARTS) is 1. The molecule has 5 rings (SSSR count). The van der Waals surface area contributed by atoms with E-state index in [1.54, 1.807) is 35.1 Å². The molecule has 2 N–H and O–H groups in total. The number of nitrogens with zero attached hydrogens (tertiary/aromatic N) is 4. The number of fused-ring (bicyclic) bond motifs is 1. The van der Waals surface area contributed by atoms with Gasteiger partial charge in [0.2, 0.25) is 15.9 Å². The Morgan fingerprint density at radius 1 is 1.00 bits per heavy atom. The predicted octanol–water partition coefficient (Wildman–Crippen LogP) is 6.45. The molecule has 52 heavy (non-hydrogen) atoms. The number of hydrogen-bond donors (Lipinski definition) is 2. The molecule has 1 aliphatic carbocycles. The Kier molecular flexibility index (Phi) is 12.7. The average Bonchev–Trinajstić information content (AvgIpc) is 3.77. The average molecular weight is 768 g/mol. The Balaban J connectivity index is 1.39. The Morgan fingerprint density at radius 3 is 2.40 bits per heavy atom. The van der Waals surface area contributed by atoms with Crippen molar-refractivity contribution < 1.29 is 32.7 Å². The molecule has 0 spiro atoms. The number of rotatable bonds is 16. The van der Waals surface area contributed by atoms with Gasteiger partial charge in [0.05, 0.1) is 34.3 Å². The number of aryl methyl sites for hydroxylation is 1. The van der Waals surface area contributed by atoms with E-state index < -0.39 is 27.8 Å². The Bertz CT molecular complexity index is 2060. The van der Waals surface area contributed by atoms with E-state index in [0.29, 0.717) is 40.4 Å². The van der Waals surface area contributed by atoms with Crippen molar-refractivity contribution in [2.75, 3.05) is 25.5 Å². The molecular weight excluding hydrogens is 726 g/mol. The molecule has 0 bridgehead atoms. The molecule has 2 aromatic heterocycles. The van der Waals surface area contributed by atoms with Crippen molar-refractivity contribution in [3.8, 4) is 5.69 Å². The van der Waals surface area contributed by atoms with E-state index in [1.165, 1.54) is 58.1 Å². The van der Waals surface area contributed by atoms with Crippen LogP contribution in [-0.2, 0) is 32.5 Å². The van der Waals surface area contributed by atoms with Crippen LogP contribution in [0, 0.1) is 0 Å². The monoisotopic (exact) mass is 767 g/mol. The van der Waals surface area contributed by atoms with Gasteiger partial charge >= 0.3 is 5.97 Å². The van der Waals surface area contributed by atoms with Gasteiger partial charge in [0.25, 0.3) is 5.91 Å². The fourth-order valence-corrected chi connectivity index (χ4v) is 9.51. The van der Waals surface area contributed by atoms with Crippen molar-refractivity contribution in [2.45, 2.75) is 76.2 Å². The molecule has 12 nitrogen and oxygen atoms in total. The number of carbonyl (C=O) groups is 4. The van der Waals surface area contributed by atoms with Crippen molar-refractivity contribution >= 4 is 61.5 Å². The summed E-state index contributed by atoms with van der Waals surface area (Å²) in [5.74, 6) is -2.31. The number of halogens is 1. The zero-order chi connectivity index (χ0) is 37.6. The molecule has 276 valence electrons. The number of sulfonamides is 1. The molecular formula is C37H42ClN5O7S2. The number of ketones is 1. The van der Waals surface area contributed by atoms with E-state index in [4.69, 9.17) is 16.7 Å². The molecule has 1 aliphatic rings. The van der Waals surface area contributed by atoms with Crippen molar-refractivity contribution in [3.05, 3.63) is 93.1 Å². The van der Waals surface area contributed by atoms with Crippen molar-refractivity contribution in [3.63, 3.8) is 0 Å². The zero-order valence-corrected chi connectivity index (χ0v) is 31.7. The molecule has 2 amide bonds. The maximum absolute atomic E-state index is 14.1. The summed E-state index contributed by atoms with van der Waals surface area (Å²) in [4.78, 5) is 53.6. The fourth-order valence-electron chi connectivity index (χ4n) is 6.29. The highest BCUT2D eigenvalue weighted by atomic mass is 35.5. The third-order valence-corrected chi connectivity index (χ3v) is 12.7. The van der Waals surface area contributed by atoms with Crippen LogP contribution in [0.15, 0.2) is 65.8 Å². The molecule has 2 aromatic carbocycles. The van der Waals surface area contributed by atoms with Gasteiger partial charge < -0.3 is 15.3 Å². The smallest absolute Gasteiger partial charge is 0.303 e. The van der Waals surface area contributed by atoms with Crippen LogP contribution in [0.4, 0.5) is 5.00 Å².